The van der Waals surface area contributed by atoms with E-state index in [0.29, 0.717) is 5.92 Å². The van der Waals surface area contributed by atoms with Crippen LogP contribution in [0.1, 0.15) is 24.3 Å². The van der Waals surface area contributed by atoms with Gasteiger partial charge in [-0.15, -0.1) is 0 Å². The summed E-state index contributed by atoms with van der Waals surface area (Å²) in [4.78, 5) is 11.5. The van der Waals surface area contributed by atoms with E-state index in [2.05, 4.69) is 35.7 Å². The maximum absolute atomic E-state index is 11.5. The Morgan fingerprint density at radius 2 is 2.05 bits per heavy atom. The fraction of sp³-hybridized carbons (Fsp3) is 0.353. The molecule has 4 unspecified atom stereocenters. The molecule has 1 N–H and O–H groups in total. The van der Waals surface area contributed by atoms with Crippen molar-refractivity contribution in [1.29, 1.82) is 0 Å². The molecule has 0 radical (unpaired) electrons. The van der Waals surface area contributed by atoms with Crippen molar-refractivity contribution < 1.29 is 14.3 Å². The van der Waals surface area contributed by atoms with Gasteiger partial charge in [0.05, 0.1) is 18.2 Å². The number of ether oxygens (including phenoxy) is 2. The molecule has 0 spiro atoms. The Bertz CT molecular complexity index is 608. The van der Waals surface area contributed by atoms with Crippen LogP contribution in [0.5, 0.6) is 0 Å². The van der Waals surface area contributed by atoms with Gasteiger partial charge in [0.2, 0.25) is 0 Å². The number of fused-ring (bicyclic) bond motifs is 3. The summed E-state index contributed by atoms with van der Waals surface area (Å²) in [5.74, 6) is 1.49. The van der Waals surface area contributed by atoms with Crippen LogP contribution in [0.15, 0.2) is 54.5 Å². The van der Waals surface area contributed by atoms with Crippen molar-refractivity contribution >= 4 is 6.09 Å². The molecular weight excluding hydrogens is 266 g/mol. The number of nitrogens with one attached hydrogen (secondary N) is 1. The van der Waals surface area contributed by atoms with Gasteiger partial charge >= 0.3 is 6.09 Å². The van der Waals surface area contributed by atoms with Crippen LogP contribution in [0, 0.1) is 5.92 Å². The van der Waals surface area contributed by atoms with Gasteiger partial charge < -0.3 is 14.8 Å². The Morgan fingerprint density at radius 3 is 2.90 bits per heavy atom. The van der Waals surface area contributed by atoms with E-state index < -0.39 is 0 Å². The molecule has 3 aliphatic rings. The highest BCUT2D eigenvalue weighted by Gasteiger charge is 2.44. The van der Waals surface area contributed by atoms with Crippen LogP contribution in [-0.2, 0) is 9.47 Å². The lowest BCUT2D eigenvalue weighted by Gasteiger charge is -2.31. The molecule has 1 aliphatic carbocycles. The molecule has 1 aromatic rings. The molecule has 21 heavy (non-hydrogen) atoms. The monoisotopic (exact) mass is 283 g/mol. The van der Waals surface area contributed by atoms with Crippen LogP contribution in [-0.4, -0.2) is 18.2 Å². The number of rotatable bonds is 1. The SMILES string of the molecule is O=C1NC2C=COC3=CCC(c4ccccc4)CC3C2O1. The van der Waals surface area contributed by atoms with Crippen molar-refractivity contribution in [2.45, 2.75) is 30.9 Å². The van der Waals surface area contributed by atoms with Gasteiger partial charge in [0.25, 0.3) is 0 Å². The third-order valence-electron chi connectivity index (χ3n) is 4.55. The molecule has 108 valence electrons. The van der Waals surface area contributed by atoms with Gasteiger partial charge in [-0.3, -0.25) is 0 Å². The highest BCUT2D eigenvalue weighted by atomic mass is 16.6. The number of hydrogen-bond donors (Lipinski definition) is 1. The second-order valence-corrected chi connectivity index (χ2v) is 5.78. The summed E-state index contributed by atoms with van der Waals surface area (Å²) in [6.07, 6.45) is 7.07. The molecule has 2 heterocycles. The standard InChI is InChI=1S/C17H17NO3/c19-17-18-14-8-9-20-15-7-6-12(10-13(15)16(14)21-17)11-4-2-1-3-5-11/h1-5,7-9,12-14,16H,6,10H2,(H,18,19). The lowest BCUT2D eigenvalue weighted by Crippen LogP contribution is -2.36. The molecule has 0 bridgehead atoms. The van der Waals surface area contributed by atoms with Crippen LogP contribution >= 0.6 is 0 Å². The normalized spacial score (nSPS) is 33.7. The van der Waals surface area contributed by atoms with Gasteiger partial charge in [0, 0.05) is 0 Å². The van der Waals surface area contributed by atoms with Gasteiger partial charge in [-0.05, 0) is 36.5 Å². The maximum atomic E-state index is 11.5. The molecule has 4 heteroatoms. The van der Waals surface area contributed by atoms with Crippen molar-refractivity contribution in [3.63, 3.8) is 0 Å². The topological polar surface area (TPSA) is 47.6 Å². The number of alkyl carbamates (subject to hydrolysis) is 1. The van der Waals surface area contributed by atoms with E-state index in [4.69, 9.17) is 9.47 Å². The molecule has 4 atom stereocenters. The van der Waals surface area contributed by atoms with Crippen LogP contribution in [0.2, 0.25) is 0 Å². The van der Waals surface area contributed by atoms with E-state index in [1.54, 1.807) is 6.26 Å². The summed E-state index contributed by atoms with van der Waals surface area (Å²) in [5, 5.41) is 2.83. The first kappa shape index (κ1) is 12.5. The summed E-state index contributed by atoms with van der Waals surface area (Å²) in [7, 11) is 0. The van der Waals surface area contributed by atoms with E-state index in [0.717, 1.165) is 18.6 Å². The van der Waals surface area contributed by atoms with Crippen molar-refractivity contribution in [2.24, 2.45) is 5.92 Å². The van der Waals surface area contributed by atoms with E-state index in [-0.39, 0.29) is 24.2 Å². The quantitative estimate of drug-likeness (QED) is 0.861. The molecule has 0 saturated carbocycles. The van der Waals surface area contributed by atoms with Gasteiger partial charge in [-0.2, -0.15) is 0 Å². The second-order valence-electron chi connectivity index (χ2n) is 5.78. The van der Waals surface area contributed by atoms with Crippen molar-refractivity contribution in [1.82, 2.24) is 5.32 Å². The molecule has 1 amide bonds. The Hall–Kier alpha value is -2.23. The lowest BCUT2D eigenvalue weighted by atomic mass is 9.77. The summed E-state index contributed by atoms with van der Waals surface area (Å²) >= 11 is 0. The van der Waals surface area contributed by atoms with Crippen molar-refractivity contribution in [2.75, 3.05) is 0 Å². The van der Waals surface area contributed by atoms with Gasteiger partial charge in [-0.25, -0.2) is 4.79 Å². The Morgan fingerprint density at radius 1 is 1.19 bits per heavy atom. The maximum Gasteiger partial charge on any atom is 0.408 e. The number of benzene rings is 1. The molecular formula is C17H17NO3. The minimum atomic E-state index is -0.335. The summed E-state index contributed by atoms with van der Waals surface area (Å²) < 4.78 is 11.2. The van der Waals surface area contributed by atoms with Crippen molar-refractivity contribution in [3.05, 3.63) is 60.1 Å². The van der Waals surface area contributed by atoms with Gasteiger partial charge in [-0.1, -0.05) is 30.3 Å². The summed E-state index contributed by atoms with van der Waals surface area (Å²) in [6.45, 7) is 0. The number of amides is 1. The highest BCUT2D eigenvalue weighted by Crippen LogP contribution is 2.41. The predicted molar refractivity (Wildman–Crippen MR) is 77.4 cm³/mol. The van der Waals surface area contributed by atoms with E-state index in [9.17, 15) is 4.79 Å². The fourth-order valence-corrected chi connectivity index (χ4v) is 3.50. The predicted octanol–water partition coefficient (Wildman–Crippen LogP) is 3.09. The molecule has 1 aromatic carbocycles. The summed E-state index contributed by atoms with van der Waals surface area (Å²) in [5.41, 5.74) is 1.33. The summed E-state index contributed by atoms with van der Waals surface area (Å²) in [6, 6.07) is 10.4. The minimum absolute atomic E-state index is 0.0945. The lowest BCUT2D eigenvalue weighted by molar-refractivity contribution is 0.0845. The molecule has 0 aromatic heterocycles. The number of carbonyl (C=O) groups is 1. The zero-order valence-electron chi connectivity index (χ0n) is 11.6. The van der Waals surface area contributed by atoms with E-state index in [1.165, 1.54) is 5.56 Å². The Kier molecular flexibility index (Phi) is 2.95. The van der Waals surface area contributed by atoms with Gasteiger partial charge in [0.15, 0.2) is 0 Å². The molecule has 1 saturated heterocycles. The number of allylic oxidation sites excluding steroid dienone is 1. The van der Waals surface area contributed by atoms with Crippen LogP contribution in [0.4, 0.5) is 4.79 Å². The third-order valence-corrected chi connectivity index (χ3v) is 4.55. The zero-order chi connectivity index (χ0) is 14.2. The largest absolute Gasteiger partial charge is 0.470 e. The molecule has 1 fully saturated rings. The highest BCUT2D eigenvalue weighted by molar-refractivity contribution is 5.71. The Labute approximate surface area is 123 Å². The van der Waals surface area contributed by atoms with Crippen molar-refractivity contribution in [3.8, 4) is 0 Å². The van der Waals surface area contributed by atoms with Crippen LogP contribution < -0.4 is 5.32 Å². The minimum Gasteiger partial charge on any atom is -0.470 e. The van der Waals surface area contributed by atoms with E-state index >= 15 is 0 Å². The smallest absolute Gasteiger partial charge is 0.408 e. The van der Waals surface area contributed by atoms with Gasteiger partial charge in [0.1, 0.15) is 11.9 Å². The Balaban J connectivity index is 1.63. The number of hydrogen-bond acceptors (Lipinski definition) is 3. The molecule has 4 rings (SSSR count). The molecule has 2 aliphatic heterocycles. The second kappa shape index (κ2) is 4.95. The molecule has 4 nitrogen and oxygen atoms in total. The average Bonchev–Trinajstić information content (AvgIpc) is 2.81. The number of carbonyl (C=O) groups excluding carboxylic acids is 1. The first-order valence-corrected chi connectivity index (χ1v) is 7.37. The first-order valence-electron chi connectivity index (χ1n) is 7.37. The zero-order valence-corrected chi connectivity index (χ0v) is 11.6. The average molecular weight is 283 g/mol. The third kappa shape index (κ3) is 2.20. The van der Waals surface area contributed by atoms with Crippen LogP contribution in [0.25, 0.3) is 0 Å². The van der Waals surface area contributed by atoms with Crippen LogP contribution in [0.3, 0.4) is 0 Å². The van der Waals surface area contributed by atoms with E-state index in [1.807, 2.05) is 12.1 Å². The first-order chi connectivity index (χ1) is 10.3. The fourth-order valence-electron chi connectivity index (χ4n) is 3.50.